The summed E-state index contributed by atoms with van der Waals surface area (Å²) in [5, 5.41) is 4.45. The van der Waals surface area contributed by atoms with Crippen LogP contribution in [0.3, 0.4) is 0 Å². The molecule has 0 fully saturated rings. The zero-order chi connectivity index (χ0) is 13.1. The van der Waals surface area contributed by atoms with Gasteiger partial charge in [-0.15, -0.1) is 0 Å². The van der Waals surface area contributed by atoms with Crippen LogP contribution >= 0.6 is 0 Å². The highest BCUT2D eigenvalue weighted by molar-refractivity contribution is 5.20. The van der Waals surface area contributed by atoms with E-state index in [9.17, 15) is 0 Å². The van der Waals surface area contributed by atoms with Crippen LogP contribution in [0.5, 0.6) is 0 Å². The second-order valence-corrected chi connectivity index (χ2v) is 4.20. The van der Waals surface area contributed by atoms with E-state index >= 15 is 0 Å². The number of aryl methyl sites for hydroxylation is 3. The zero-order valence-electron chi connectivity index (χ0n) is 11.1. The molecule has 0 aliphatic carbocycles. The summed E-state index contributed by atoms with van der Waals surface area (Å²) in [4.78, 5) is 4.40. The molecule has 0 spiro atoms. The lowest BCUT2D eigenvalue weighted by Crippen LogP contribution is -2.32. The van der Waals surface area contributed by atoms with Crippen LogP contribution in [0.1, 0.15) is 37.1 Å². The first kappa shape index (κ1) is 12.8. The van der Waals surface area contributed by atoms with Gasteiger partial charge in [0.1, 0.15) is 11.9 Å². The Balaban J connectivity index is 2.44. The fourth-order valence-electron chi connectivity index (χ4n) is 2.19. The number of hydrogen-bond donors (Lipinski definition) is 2. The average molecular weight is 248 g/mol. The number of rotatable bonds is 5. The second kappa shape index (κ2) is 5.32. The van der Waals surface area contributed by atoms with Gasteiger partial charge in [-0.25, -0.2) is 10.4 Å². The minimum absolute atomic E-state index is 0.138. The van der Waals surface area contributed by atoms with Gasteiger partial charge < -0.3 is 4.57 Å². The van der Waals surface area contributed by atoms with Crippen molar-refractivity contribution in [2.24, 2.45) is 5.84 Å². The van der Waals surface area contributed by atoms with Crippen LogP contribution in [0.2, 0.25) is 0 Å². The molecule has 0 amide bonds. The van der Waals surface area contributed by atoms with Crippen molar-refractivity contribution in [1.82, 2.24) is 24.8 Å². The molecule has 2 aromatic rings. The predicted octanol–water partition coefficient (Wildman–Crippen LogP) is 0.981. The molecule has 0 saturated carbocycles. The van der Waals surface area contributed by atoms with Crippen LogP contribution in [-0.4, -0.2) is 19.3 Å². The molecule has 0 saturated heterocycles. The summed E-state index contributed by atoms with van der Waals surface area (Å²) in [7, 11) is 0. The fraction of sp³-hybridized carbons (Fsp3) is 0.500. The largest absolute Gasteiger partial charge is 0.334 e. The number of nitrogens with two attached hydrogens (primary N) is 1. The van der Waals surface area contributed by atoms with Gasteiger partial charge in [-0.1, -0.05) is 0 Å². The molecule has 98 valence electrons. The molecular weight excluding hydrogens is 228 g/mol. The topological polar surface area (TPSA) is 73.7 Å². The molecule has 3 N–H and O–H groups in total. The van der Waals surface area contributed by atoms with Crippen molar-refractivity contribution in [3.63, 3.8) is 0 Å². The molecule has 0 bridgehead atoms. The van der Waals surface area contributed by atoms with E-state index in [0.717, 1.165) is 30.3 Å². The van der Waals surface area contributed by atoms with E-state index in [0.29, 0.717) is 0 Å². The first-order valence-electron chi connectivity index (χ1n) is 6.22. The highest BCUT2D eigenvalue weighted by Crippen LogP contribution is 2.21. The summed E-state index contributed by atoms with van der Waals surface area (Å²) in [5.74, 6) is 6.62. The van der Waals surface area contributed by atoms with Gasteiger partial charge in [-0.05, 0) is 26.8 Å². The van der Waals surface area contributed by atoms with Gasteiger partial charge in [-0.2, -0.15) is 5.10 Å². The maximum absolute atomic E-state index is 5.71. The molecule has 0 aromatic carbocycles. The van der Waals surface area contributed by atoms with Gasteiger partial charge >= 0.3 is 0 Å². The molecule has 0 aliphatic heterocycles. The number of hydrogen-bond acceptors (Lipinski definition) is 4. The predicted molar refractivity (Wildman–Crippen MR) is 69.7 cm³/mol. The molecule has 2 rings (SSSR count). The Bertz CT molecular complexity index is 512. The van der Waals surface area contributed by atoms with Crippen LogP contribution in [0.15, 0.2) is 18.5 Å². The third kappa shape index (κ3) is 2.16. The first-order valence-corrected chi connectivity index (χ1v) is 6.22. The van der Waals surface area contributed by atoms with E-state index in [-0.39, 0.29) is 6.04 Å². The Kier molecular flexibility index (Phi) is 3.78. The smallest absolute Gasteiger partial charge is 0.133 e. The highest BCUT2D eigenvalue weighted by atomic mass is 15.3. The minimum atomic E-state index is -0.138. The standard InChI is InChI=1S/C12H20N6/c1-4-17-7-6-14-12(17)11(15-13)10-8-9(3)16-18(10)5-2/h6-8,11,15H,4-5,13H2,1-3H3. The maximum atomic E-state index is 5.71. The summed E-state index contributed by atoms with van der Waals surface area (Å²) >= 11 is 0. The van der Waals surface area contributed by atoms with Gasteiger partial charge in [0, 0.05) is 25.5 Å². The van der Waals surface area contributed by atoms with Crippen molar-refractivity contribution in [2.45, 2.75) is 39.9 Å². The van der Waals surface area contributed by atoms with E-state index in [2.05, 4.69) is 33.9 Å². The van der Waals surface area contributed by atoms with E-state index in [1.54, 1.807) is 6.20 Å². The van der Waals surface area contributed by atoms with E-state index in [4.69, 9.17) is 5.84 Å². The molecular formula is C12H20N6. The van der Waals surface area contributed by atoms with Gasteiger partial charge in [-0.3, -0.25) is 10.5 Å². The Morgan fingerprint density at radius 2 is 2.17 bits per heavy atom. The summed E-state index contributed by atoms with van der Waals surface area (Å²) in [6, 6.07) is 1.91. The quantitative estimate of drug-likeness (QED) is 0.611. The molecule has 6 nitrogen and oxygen atoms in total. The molecule has 0 aliphatic rings. The van der Waals surface area contributed by atoms with Crippen LogP contribution in [0.25, 0.3) is 0 Å². The van der Waals surface area contributed by atoms with Crippen molar-refractivity contribution in [1.29, 1.82) is 0 Å². The number of nitrogens with zero attached hydrogens (tertiary/aromatic N) is 4. The first-order chi connectivity index (χ1) is 8.71. The van der Waals surface area contributed by atoms with E-state index < -0.39 is 0 Å². The van der Waals surface area contributed by atoms with Gasteiger partial charge in [0.15, 0.2) is 0 Å². The van der Waals surface area contributed by atoms with E-state index in [1.807, 2.05) is 23.9 Å². The number of aromatic nitrogens is 4. The molecule has 2 heterocycles. The highest BCUT2D eigenvalue weighted by Gasteiger charge is 2.21. The third-order valence-corrected chi connectivity index (χ3v) is 3.04. The summed E-state index contributed by atoms with van der Waals surface area (Å²) < 4.78 is 4.03. The Morgan fingerprint density at radius 3 is 2.78 bits per heavy atom. The number of imidazole rings is 1. The molecule has 6 heteroatoms. The summed E-state index contributed by atoms with van der Waals surface area (Å²) in [5.41, 5.74) is 4.87. The maximum Gasteiger partial charge on any atom is 0.133 e. The van der Waals surface area contributed by atoms with Crippen LogP contribution in [0.4, 0.5) is 0 Å². The minimum Gasteiger partial charge on any atom is -0.334 e. The van der Waals surface area contributed by atoms with Crippen LogP contribution < -0.4 is 11.3 Å². The van der Waals surface area contributed by atoms with Gasteiger partial charge in [0.05, 0.1) is 11.4 Å². The Hall–Kier alpha value is -1.66. The fourth-order valence-corrected chi connectivity index (χ4v) is 2.19. The third-order valence-electron chi connectivity index (χ3n) is 3.04. The molecule has 2 aromatic heterocycles. The number of nitrogens with one attached hydrogen (secondary N) is 1. The summed E-state index contributed by atoms with van der Waals surface area (Å²) in [6.45, 7) is 7.81. The monoisotopic (exact) mass is 248 g/mol. The lowest BCUT2D eigenvalue weighted by Gasteiger charge is -2.17. The SMILES string of the molecule is CCn1ccnc1C(NN)c1cc(C)nn1CC. The van der Waals surface area contributed by atoms with Crippen molar-refractivity contribution in [2.75, 3.05) is 0 Å². The normalized spacial score (nSPS) is 12.9. The summed E-state index contributed by atoms with van der Waals surface area (Å²) in [6.07, 6.45) is 3.75. The Labute approximate surface area is 107 Å². The van der Waals surface area contributed by atoms with Gasteiger partial charge in [0.25, 0.3) is 0 Å². The lowest BCUT2D eigenvalue weighted by molar-refractivity contribution is 0.505. The molecule has 18 heavy (non-hydrogen) atoms. The van der Waals surface area contributed by atoms with Crippen LogP contribution in [0, 0.1) is 6.92 Å². The van der Waals surface area contributed by atoms with Crippen molar-refractivity contribution < 1.29 is 0 Å². The lowest BCUT2D eigenvalue weighted by atomic mass is 10.2. The van der Waals surface area contributed by atoms with E-state index in [1.165, 1.54) is 0 Å². The van der Waals surface area contributed by atoms with Gasteiger partial charge in [0.2, 0.25) is 0 Å². The van der Waals surface area contributed by atoms with Crippen molar-refractivity contribution in [3.05, 3.63) is 35.7 Å². The molecule has 1 unspecified atom stereocenters. The van der Waals surface area contributed by atoms with Crippen molar-refractivity contribution >= 4 is 0 Å². The van der Waals surface area contributed by atoms with Crippen molar-refractivity contribution in [3.8, 4) is 0 Å². The molecule has 0 radical (unpaired) electrons. The zero-order valence-corrected chi connectivity index (χ0v) is 11.1. The molecule has 1 atom stereocenters. The van der Waals surface area contributed by atoms with Crippen LogP contribution in [-0.2, 0) is 13.1 Å². The second-order valence-electron chi connectivity index (χ2n) is 4.20. The average Bonchev–Trinajstić information content (AvgIpc) is 2.97. The Morgan fingerprint density at radius 1 is 1.39 bits per heavy atom. The number of hydrazine groups is 1.